The SMILES string of the molecule is CN(CC(C)(C)O)CC(C)(C)O.[CH3-].[Cl][Ti+]. The number of hydrogen-bond donors (Lipinski definition) is 2. The van der Waals surface area contributed by atoms with Crippen molar-refractivity contribution in [2.75, 3.05) is 20.1 Å². The minimum atomic E-state index is -0.694. The molecule has 0 fully saturated rings. The molecule has 5 heteroatoms. The first kappa shape index (κ1) is 21.2. The van der Waals surface area contributed by atoms with Crippen LogP contribution in [0.25, 0.3) is 0 Å². The van der Waals surface area contributed by atoms with Crippen molar-refractivity contribution < 1.29 is 29.6 Å². The molecule has 15 heavy (non-hydrogen) atoms. The van der Waals surface area contributed by atoms with Crippen LogP contribution in [0.3, 0.4) is 0 Å². The predicted octanol–water partition coefficient (Wildman–Crippen LogP) is 1.60. The van der Waals surface area contributed by atoms with Crippen LogP contribution in [0.1, 0.15) is 27.7 Å². The van der Waals surface area contributed by atoms with Crippen molar-refractivity contribution in [3.05, 3.63) is 7.43 Å². The third-order valence-corrected chi connectivity index (χ3v) is 1.31. The molecule has 0 rings (SSSR count). The molecule has 92 valence electrons. The van der Waals surface area contributed by atoms with Crippen molar-refractivity contribution in [2.24, 2.45) is 0 Å². The summed E-state index contributed by atoms with van der Waals surface area (Å²) in [5.74, 6) is 0. The number of aliphatic hydroxyl groups is 2. The zero-order chi connectivity index (χ0) is 12.0. The van der Waals surface area contributed by atoms with Gasteiger partial charge in [-0.1, -0.05) is 0 Å². The van der Waals surface area contributed by atoms with E-state index in [1.807, 2.05) is 11.9 Å². The van der Waals surface area contributed by atoms with Gasteiger partial charge in [0, 0.05) is 13.1 Å². The van der Waals surface area contributed by atoms with Crippen molar-refractivity contribution in [3.8, 4) is 0 Å². The van der Waals surface area contributed by atoms with E-state index in [0.717, 1.165) is 0 Å². The van der Waals surface area contributed by atoms with Gasteiger partial charge in [-0.3, -0.25) is 0 Å². The standard InChI is InChI=1S/C9H21NO2.CH3.ClH.Ti/c1-8(2,11)6-10(5)7-9(3,4)12;;;/h11-12H,6-7H2,1-5H3;1H3;1H;/q;-1;;+2/p-1. The van der Waals surface area contributed by atoms with E-state index in [1.165, 1.54) is 19.4 Å². The molecule has 0 bridgehead atoms. The molecule has 0 aliphatic carbocycles. The molecule has 0 atom stereocenters. The molecule has 0 amide bonds. The Balaban J connectivity index is -0.000000449. The van der Waals surface area contributed by atoms with Crippen molar-refractivity contribution in [2.45, 2.75) is 38.9 Å². The van der Waals surface area contributed by atoms with Crippen molar-refractivity contribution in [1.82, 2.24) is 4.90 Å². The number of likely N-dealkylation sites (N-methyl/N-ethyl adjacent to an activating group) is 1. The summed E-state index contributed by atoms with van der Waals surface area (Å²) in [6, 6.07) is 0. The van der Waals surface area contributed by atoms with Gasteiger partial charge >= 0.3 is 28.7 Å². The van der Waals surface area contributed by atoms with E-state index in [2.05, 4.69) is 9.30 Å². The summed E-state index contributed by atoms with van der Waals surface area (Å²) in [5.41, 5.74) is -1.39. The molecule has 0 heterocycles. The van der Waals surface area contributed by atoms with Crippen LogP contribution in [-0.4, -0.2) is 46.5 Å². The fourth-order valence-electron chi connectivity index (χ4n) is 1.38. The van der Waals surface area contributed by atoms with Crippen molar-refractivity contribution >= 4 is 9.30 Å². The first-order valence-corrected chi connectivity index (χ1v) is 6.57. The molecule has 0 spiro atoms. The average molecular weight is 274 g/mol. The average Bonchev–Trinajstić information content (AvgIpc) is 1.82. The molecule has 0 aliphatic rings. The molecule has 0 saturated heterocycles. The first-order valence-electron chi connectivity index (χ1n) is 4.42. The Labute approximate surface area is 110 Å². The van der Waals surface area contributed by atoms with Crippen LogP contribution in [0.4, 0.5) is 0 Å². The number of hydrogen-bond acceptors (Lipinski definition) is 3. The van der Waals surface area contributed by atoms with Crippen molar-refractivity contribution in [1.29, 1.82) is 0 Å². The zero-order valence-electron chi connectivity index (χ0n) is 10.6. The fourth-order valence-corrected chi connectivity index (χ4v) is 1.38. The quantitative estimate of drug-likeness (QED) is 0.604. The van der Waals surface area contributed by atoms with E-state index in [0.29, 0.717) is 13.1 Å². The van der Waals surface area contributed by atoms with Gasteiger partial charge in [0.2, 0.25) is 0 Å². The van der Waals surface area contributed by atoms with Gasteiger partial charge in [0.25, 0.3) is 0 Å². The zero-order valence-corrected chi connectivity index (χ0v) is 13.0. The van der Waals surface area contributed by atoms with E-state index < -0.39 is 11.2 Å². The molecule has 0 unspecified atom stereocenters. The maximum absolute atomic E-state index is 9.46. The van der Waals surface area contributed by atoms with Crippen LogP contribution in [0.5, 0.6) is 0 Å². The maximum atomic E-state index is 9.46. The normalized spacial score (nSPS) is 11.5. The third-order valence-electron chi connectivity index (χ3n) is 1.31. The molecule has 0 saturated carbocycles. The minimum absolute atomic E-state index is 0. The van der Waals surface area contributed by atoms with Gasteiger partial charge in [-0.05, 0) is 34.7 Å². The first-order chi connectivity index (χ1) is 6.10. The van der Waals surface area contributed by atoms with Crippen LogP contribution < -0.4 is 0 Å². The molecular formula is C10H24ClNO2Ti. The fraction of sp³-hybridized carbons (Fsp3) is 0.900. The Bertz CT molecular complexity index is 127. The van der Waals surface area contributed by atoms with E-state index in [1.54, 1.807) is 27.7 Å². The van der Waals surface area contributed by atoms with Gasteiger partial charge in [0.1, 0.15) is 0 Å². The molecule has 0 aromatic heterocycles. The summed E-state index contributed by atoms with van der Waals surface area (Å²) in [6.07, 6.45) is 0. The molecule has 0 aromatic rings. The van der Waals surface area contributed by atoms with Gasteiger partial charge in [-0.15, -0.1) is 0 Å². The summed E-state index contributed by atoms with van der Waals surface area (Å²) < 4.78 is 0. The van der Waals surface area contributed by atoms with E-state index in [-0.39, 0.29) is 7.43 Å². The van der Waals surface area contributed by atoms with E-state index in [4.69, 9.17) is 0 Å². The molecular weight excluding hydrogens is 249 g/mol. The summed E-state index contributed by atoms with van der Waals surface area (Å²) in [4.78, 5) is 1.92. The van der Waals surface area contributed by atoms with Crippen LogP contribution in [0.15, 0.2) is 0 Å². The summed E-state index contributed by atoms with van der Waals surface area (Å²) in [5, 5.41) is 18.9. The predicted molar refractivity (Wildman–Crippen MR) is 62.4 cm³/mol. The van der Waals surface area contributed by atoms with Crippen LogP contribution in [0.2, 0.25) is 0 Å². The van der Waals surface area contributed by atoms with Crippen LogP contribution >= 0.6 is 9.30 Å². The second-order valence-electron chi connectivity index (χ2n) is 4.80. The van der Waals surface area contributed by atoms with Gasteiger partial charge in [0.15, 0.2) is 0 Å². The molecule has 0 radical (unpaired) electrons. The van der Waals surface area contributed by atoms with Gasteiger partial charge in [0.05, 0.1) is 11.2 Å². The van der Waals surface area contributed by atoms with Gasteiger partial charge < -0.3 is 22.5 Å². The van der Waals surface area contributed by atoms with Gasteiger partial charge in [-0.25, -0.2) is 0 Å². The second-order valence-corrected chi connectivity index (χ2v) is 4.80. The second kappa shape index (κ2) is 8.97. The Kier molecular flexibility index (Phi) is 12.7. The van der Waals surface area contributed by atoms with E-state index in [9.17, 15) is 10.2 Å². The monoisotopic (exact) mass is 273 g/mol. The summed E-state index contributed by atoms with van der Waals surface area (Å²) >= 11 is 1.47. The molecule has 3 nitrogen and oxygen atoms in total. The molecule has 2 N–H and O–H groups in total. The Morgan fingerprint density at radius 3 is 1.33 bits per heavy atom. The van der Waals surface area contributed by atoms with Crippen LogP contribution in [0, 0.1) is 7.43 Å². The number of nitrogens with zero attached hydrogens (tertiary/aromatic N) is 1. The molecule has 0 aromatic carbocycles. The number of halogens is 1. The third kappa shape index (κ3) is 20.9. The van der Waals surface area contributed by atoms with Crippen LogP contribution in [-0.2, 0) is 19.4 Å². The van der Waals surface area contributed by atoms with Crippen molar-refractivity contribution in [3.63, 3.8) is 0 Å². The summed E-state index contributed by atoms with van der Waals surface area (Å²) in [7, 11) is 6.52. The Hall–Kier alpha value is 0.884. The topological polar surface area (TPSA) is 43.7 Å². The van der Waals surface area contributed by atoms with Gasteiger partial charge in [-0.2, -0.15) is 0 Å². The molecule has 0 aliphatic heterocycles. The number of rotatable bonds is 4. The van der Waals surface area contributed by atoms with E-state index >= 15 is 0 Å². The Morgan fingerprint density at radius 1 is 1.00 bits per heavy atom. The Morgan fingerprint density at radius 2 is 1.20 bits per heavy atom. The summed E-state index contributed by atoms with van der Waals surface area (Å²) in [6.45, 7) is 8.16.